The quantitative estimate of drug-likeness (QED) is 0.225. The van der Waals surface area contributed by atoms with E-state index in [9.17, 15) is 18.0 Å². The van der Waals surface area contributed by atoms with Crippen LogP contribution in [0.1, 0.15) is 47.1 Å². The number of carbonyl (C=O) groups excluding carboxylic acids is 2. The first kappa shape index (κ1) is 30.5. The number of imidazole rings is 1. The average molecular weight is 628 g/mol. The van der Waals surface area contributed by atoms with Gasteiger partial charge in [-0.2, -0.15) is 0 Å². The van der Waals surface area contributed by atoms with Gasteiger partial charge in [-0.25, -0.2) is 22.5 Å². The van der Waals surface area contributed by atoms with Gasteiger partial charge in [0.05, 0.1) is 25.1 Å². The maximum Gasteiger partial charge on any atom is 0.411 e. The average Bonchev–Trinajstić information content (AvgIpc) is 3.61. The van der Waals surface area contributed by atoms with Gasteiger partial charge >= 0.3 is 6.09 Å². The molecule has 2 amide bonds. The molecule has 2 aliphatic rings. The smallest absolute Gasteiger partial charge is 0.411 e. The number of hydrogen-bond acceptors (Lipinski definition) is 7. The molecule has 2 atom stereocenters. The minimum atomic E-state index is -3.25. The lowest BCUT2D eigenvalue weighted by molar-refractivity contribution is 0.0720. The number of anilines is 1. The van der Waals surface area contributed by atoms with Crippen LogP contribution in [0.15, 0.2) is 48.5 Å². The molecule has 3 heterocycles. The lowest BCUT2D eigenvalue weighted by Gasteiger charge is -2.33. The summed E-state index contributed by atoms with van der Waals surface area (Å²) in [4.78, 5) is 35.2. The molecule has 2 aliphatic heterocycles. The van der Waals surface area contributed by atoms with Gasteiger partial charge in [-0.1, -0.05) is 35.9 Å². The number of ether oxygens (including phenoxy) is 1. The molecule has 5 N–H and O–H groups in total. The second kappa shape index (κ2) is 12.3. The monoisotopic (exact) mass is 627 g/mol. The van der Waals surface area contributed by atoms with Crippen LogP contribution in [-0.2, 0) is 14.8 Å². The number of amides is 2. The lowest BCUT2D eigenvalue weighted by Crippen LogP contribution is -2.40. The van der Waals surface area contributed by atoms with Crippen LogP contribution in [0.2, 0.25) is 5.15 Å². The summed E-state index contributed by atoms with van der Waals surface area (Å²) in [5.74, 6) is 0.691. The number of nitrogens with one attached hydrogen (secondary N) is 3. The van der Waals surface area contributed by atoms with Crippen LogP contribution in [0.4, 0.5) is 10.5 Å². The van der Waals surface area contributed by atoms with Gasteiger partial charge in [-0.05, 0) is 55.4 Å². The van der Waals surface area contributed by atoms with Crippen LogP contribution < -0.4 is 11.1 Å². The molecule has 1 unspecified atom stereocenters. The fourth-order valence-electron chi connectivity index (χ4n) is 5.94. The number of piperidine rings is 1. The van der Waals surface area contributed by atoms with E-state index in [1.54, 1.807) is 53.4 Å². The Bertz CT molecular complexity index is 1620. The Morgan fingerprint density at radius 3 is 2.28 bits per heavy atom. The molecule has 0 bridgehead atoms. The number of rotatable bonds is 7. The van der Waals surface area contributed by atoms with Gasteiger partial charge in [0.2, 0.25) is 10.0 Å². The predicted molar refractivity (Wildman–Crippen MR) is 164 cm³/mol. The maximum atomic E-state index is 13.9. The lowest BCUT2D eigenvalue weighted by atomic mass is 9.83. The zero-order valence-corrected chi connectivity index (χ0v) is 25.4. The van der Waals surface area contributed by atoms with E-state index in [1.165, 1.54) is 17.7 Å². The van der Waals surface area contributed by atoms with Crippen LogP contribution in [0, 0.1) is 17.2 Å². The van der Waals surface area contributed by atoms with E-state index in [1.807, 2.05) is 0 Å². The van der Waals surface area contributed by atoms with Crippen LogP contribution in [0.3, 0.4) is 0 Å². The molecule has 12 nitrogen and oxygen atoms in total. The summed E-state index contributed by atoms with van der Waals surface area (Å²) in [5.41, 5.74) is 8.48. The van der Waals surface area contributed by atoms with Crippen molar-refractivity contribution < 1.29 is 22.7 Å². The fourth-order valence-corrected chi connectivity index (χ4v) is 7.06. The zero-order chi connectivity index (χ0) is 30.9. The number of amidine groups is 1. The third-order valence-corrected chi connectivity index (χ3v) is 9.85. The van der Waals surface area contributed by atoms with E-state index < -0.39 is 16.1 Å². The largest absolute Gasteiger partial charge is 0.453 e. The third-order valence-electron chi connectivity index (χ3n) is 8.27. The molecule has 2 aromatic carbocycles. The normalized spacial score (nSPS) is 19.7. The first-order valence-electron chi connectivity index (χ1n) is 13.9. The van der Waals surface area contributed by atoms with Crippen molar-refractivity contribution in [2.24, 2.45) is 17.6 Å². The highest BCUT2D eigenvalue weighted by Crippen LogP contribution is 2.43. The van der Waals surface area contributed by atoms with Gasteiger partial charge in [0.15, 0.2) is 5.15 Å². The summed E-state index contributed by atoms with van der Waals surface area (Å²) in [5, 5.41) is 10.5. The number of nitrogen functional groups attached to an aromatic ring is 1. The van der Waals surface area contributed by atoms with E-state index in [-0.39, 0.29) is 34.8 Å². The van der Waals surface area contributed by atoms with Crippen LogP contribution in [0.5, 0.6) is 0 Å². The van der Waals surface area contributed by atoms with Crippen molar-refractivity contribution in [3.05, 3.63) is 70.6 Å². The number of aromatic amines is 1. The SMILES string of the molecule is COC(=O)Nc1ccc(-c2[nH]c([C@@H]3CC(C4CCN(S(C)(=O)=O)CC4)CN3C(=O)c3ccc(C(=N)N)cc3)nc2Cl)cc1. The van der Waals surface area contributed by atoms with E-state index in [2.05, 4.69) is 20.0 Å². The molecular formula is C29H34ClN7O5S. The van der Waals surface area contributed by atoms with Gasteiger partial charge in [-0.3, -0.25) is 15.5 Å². The highest BCUT2D eigenvalue weighted by Gasteiger charge is 2.42. The summed E-state index contributed by atoms with van der Waals surface area (Å²) in [6, 6.07) is 13.3. The van der Waals surface area contributed by atoms with E-state index >= 15 is 0 Å². The number of H-pyrrole nitrogens is 1. The van der Waals surface area contributed by atoms with Crippen molar-refractivity contribution in [1.82, 2.24) is 19.2 Å². The second-order valence-electron chi connectivity index (χ2n) is 10.9. The molecule has 228 valence electrons. The van der Waals surface area contributed by atoms with Crippen molar-refractivity contribution in [2.75, 3.05) is 38.3 Å². The molecule has 14 heteroatoms. The predicted octanol–water partition coefficient (Wildman–Crippen LogP) is 4.07. The highest BCUT2D eigenvalue weighted by molar-refractivity contribution is 7.88. The molecule has 0 saturated carbocycles. The Kier molecular flexibility index (Phi) is 8.76. The fraction of sp³-hybridized carbons (Fsp3) is 0.379. The van der Waals surface area contributed by atoms with Gasteiger partial charge < -0.3 is 20.4 Å². The number of nitrogens with two attached hydrogens (primary N) is 1. The van der Waals surface area contributed by atoms with Crippen molar-refractivity contribution in [2.45, 2.75) is 25.3 Å². The van der Waals surface area contributed by atoms with Crippen LogP contribution >= 0.6 is 11.6 Å². The Balaban J connectivity index is 1.41. The number of likely N-dealkylation sites (tertiary alicyclic amines) is 1. The van der Waals surface area contributed by atoms with E-state index in [4.69, 9.17) is 22.7 Å². The molecule has 1 aromatic heterocycles. The van der Waals surface area contributed by atoms with E-state index in [0.29, 0.717) is 54.4 Å². The van der Waals surface area contributed by atoms with Gasteiger partial charge in [0, 0.05) is 42.0 Å². The Morgan fingerprint density at radius 1 is 1.07 bits per heavy atom. The summed E-state index contributed by atoms with van der Waals surface area (Å²) in [7, 11) is -1.96. The Morgan fingerprint density at radius 2 is 1.70 bits per heavy atom. The number of halogens is 1. The highest BCUT2D eigenvalue weighted by atomic mass is 35.5. The molecule has 3 aromatic rings. The zero-order valence-electron chi connectivity index (χ0n) is 23.8. The molecular weight excluding hydrogens is 594 g/mol. The summed E-state index contributed by atoms with van der Waals surface area (Å²) in [6.07, 6.45) is 2.74. The standard InChI is InChI=1S/C29H34ClN7O5S/c1-42-29(39)33-22-9-7-18(8-10-22)24-25(30)35-27(34-24)23-15-21(17-11-13-36(14-12-17)43(2,40)41)16-37(23)28(38)20-5-3-19(4-6-20)26(31)32/h3-10,17,21,23H,11-16H2,1-2H3,(H3,31,32)(H,33,39)(H,34,35)/t21?,23-/m0/s1. The van der Waals surface area contributed by atoms with Gasteiger partial charge in [0.1, 0.15) is 11.7 Å². The minimum Gasteiger partial charge on any atom is -0.453 e. The number of hydrogen-bond donors (Lipinski definition) is 4. The number of benzene rings is 2. The Hall–Kier alpha value is -3.94. The first-order valence-corrected chi connectivity index (χ1v) is 16.1. The first-order chi connectivity index (χ1) is 20.4. The topological polar surface area (TPSA) is 175 Å². The van der Waals surface area contributed by atoms with E-state index in [0.717, 1.165) is 18.4 Å². The molecule has 43 heavy (non-hydrogen) atoms. The number of aromatic nitrogens is 2. The maximum absolute atomic E-state index is 13.9. The third kappa shape index (κ3) is 6.68. The van der Waals surface area contributed by atoms with Gasteiger partial charge in [-0.15, -0.1) is 0 Å². The van der Waals surface area contributed by atoms with Gasteiger partial charge in [0.25, 0.3) is 5.91 Å². The second-order valence-corrected chi connectivity index (χ2v) is 13.3. The molecule has 2 fully saturated rings. The number of methoxy groups -OCH3 is 1. The summed E-state index contributed by atoms with van der Waals surface area (Å²) >= 11 is 6.61. The molecule has 0 spiro atoms. The number of carbonyl (C=O) groups is 2. The summed E-state index contributed by atoms with van der Waals surface area (Å²) < 4.78 is 30.2. The summed E-state index contributed by atoms with van der Waals surface area (Å²) in [6.45, 7) is 1.41. The Labute approximate surface area is 255 Å². The molecule has 2 saturated heterocycles. The van der Waals surface area contributed by atoms with Crippen LogP contribution in [0.25, 0.3) is 11.3 Å². The van der Waals surface area contributed by atoms with Crippen molar-refractivity contribution in [3.8, 4) is 11.3 Å². The minimum absolute atomic E-state index is 0.0783. The van der Waals surface area contributed by atoms with Crippen molar-refractivity contribution in [3.63, 3.8) is 0 Å². The molecule has 0 radical (unpaired) electrons. The van der Waals surface area contributed by atoms with Crippen molar-refractivity contribution in [1.29, 1.82) is 5.41 Å². The molecule has 0 aliphatic carbocycles. The number of nitrogens with zero attached hydrogens (tertiary/aromatic N) is 3. The number of sulfonamides is 1. The van der Waals surface area contributed by atoms with Crippen LogP contribution in [-0.4, -0.2) is 78.4 Å². The molecule has 5 rings (SSSR count). The van der Waals surface area contributed by atoms with Crippen molar-refractivity contribution >= 4 is 45.1 Å².